The number of carbonyl (C=O) groups is 1. The third-order valence-corrected chi connectivity index (χ3v) is 5.33. The largest absolute Gasteiger partial charge is 0.457 e. The number of aliphatic imine (C=N–C) groups is 1. The van der Waals surface area contributed by atoms with Crippen molar-refractivity contribution in [2.75, 3.05) is 11.9 Å². The lowest BCUT2D eigenvalue weighted by molar-refractivity contribution is 0.0950. The number of allylic oxidation sites excluding steroid dienone is 2. The van der Waals surface area contributed by atoms with E-state index in [9.17, 15) is 4.79 Å². The lowest BCUT2D eigenvalue weighted by Crippen LogP contribution is -2.23. The minimum absolute atomic E-state index is 0.162. The molecule has 1 amide bonds. The van der Waals surface area contributed by atoms with Crippen LogP contribution in [0.15, 0.2) is 84.0 Å². The molecular weight excluding hydrogens is 440 g/mol. The highest BCUT2D eigenvalue weighted by Gasteiger charge is 2.13. The first-order valence-corrected chi connectivity index (χ1v) is 11.4. The molecule has 3 heterocycles. The number of anilines is 1. The number of hydrogen-bond acceptors (Lipinski definition) is 6. The maximum absolute atomic E-state index is 12.9. The molecule has 35 heavy (non-hydrogen) atoms. The molecule has 8 nitrogen and oxygen atoms in total. The highest BCUT2D eigenvalue weighted by Crippen LogP contribution is 2.28. The molecule has 0 spiro atoms. The van der Waals surface area contributed by atoms with Gasteiger partial charge in [0, 0.05) is 67.0 Å². The zero-order chi connectivity index (χ0) is 24.6. The van der Waals surface area contributed by atoms with Gasteiger partial charge in [-0.05, 0) is 56.7 Å². The average molecular weight is 469 g/mol. The van der Waals surface area contributed by atoms with Crippen molar-refractivity contribution in [1.82, 2.24) is 19.7 Å². The van der Waals surface area contributed by atoms with E-state index in [1.165, 1.54) is 0 Å². The smallest absolute Gasteiger partial charge is 0.251 e. The summed E-state index contributed by atoms with van der Waals surface area (Å²) >= 11 is 0. The molecule has 0 bridgehead atoms. The van der Waals surface area contributed by atoms with Crippen molar-refractivity contribution in [3.8, 4) is 11.5 Å². The molecule has 0 saturated carbocycles. The Morgan fingerprint density at radius 3 is 2.91 bits per heavy atom. The van der Waals surface area contributed by atoms with Crippen molar-refractivity contribution in [2.24, 2.45) is 4.99 Å². The Balaban J connectivity index is 1.43. The minimum atomic E-state index is -0.162. The Morgan fingerprint density at radius 1 is 1.17 bits per heavy atom. The van der Waals surface area contributed by atoms with Crippen molar-refractivity contribution in [3.05, 3.63) is 95.7 Å². The summed E-state index contributed by atoms with van der Waals surface area (Å²) in [5, 5.41) is 6.21. The van der Waals surface area contributed by atoms with Gasteiger partial charge in [-0.25, -0.2) is 9.97 Å². The summed E-state index contributed by atoms with van der Waals surface area (Å²) in [6, 6.07) is 12.9. The second-order valence-electron chi connectivity index (χ2n) is 7.94. The first-order valence-electron chi connectivity index (χ1n) is 11.4. The highest BCUT2D eigenvalue weighted by molar-refractivity contribution is 5.96. The molecule has 2 N–H and O–H groups in total. The topological polar surface area (TPSA) is 92.9 Å². The number of aromatic nitrogens is 3. The van der Waals surface area contributed by atoms with Crippen molar-refractivity contribution >= 4 is 23.6 Å². The molecule has 0 aliphatic rings. The maximum Gasteiger partial charge on any atom is 0.251 e. The van der Waals surface area contributed by atoms with Gasteiger partial charge in [-0.3, -0.25) is 9.79 Å². The fourth-order valence-electron chi connectivity index (χ4n) is 3.50. The fourth-order valence-corrected chi connectivity index (χ4v) is 3.50. The molecule has 0 aliphatic heterocycles. The molecule has 0 fully saturated rings. The molecule has 0 atom stereocenters. The van der Waals surface area contributed by atoms with Gasteiger partial charge >= 0.3 is 0 Å². The van der Waals surface area contributed by atoms with E-state index in [2.05, 4.69) is 25.6 Å². The van der Waals surface area contributed by atoms with Gasteiger partial charge in [-0.15, -0.1) is 0 Å². The third-order valence-electron chi connectivity index (χ3n) is 5.33. The Morgan fingerprint density at radius 2 is 2.06 bits per heavy atom. The van der Waals surface area contributed by atoms with Crippen LogP contribution in [0.4, 0.5) is 5.82 Å². The van der Waals surface area contributed by atoms with E-state index in [1.807, 2.05) is 74.0 Å². The number of imidazole rings is 1. The van der Waals surface area contributed by atoms with Crippen molar-refractivity contribution < 1.29 is 9.53 Å². The van der Waals surface area contributed by atoms with Crippen LogP contribution in [0.5, 0.6) is 11.5 Å². The summed E-state index contributed by atoms with van der Waals surface area (Å²) in [6.45, 7) is 6.95. The van der Waals surface area contributed by atoms with Gasteiger partial charge in [-0.1, -0.05) is 12.1 Å². The standard InChI is InChI=1S/C27H28N6O2/c1-4-28-12-10-19(2)32-25-16-22(11-13-29-25)35-24-7-5-6-23(20(24)3)27(34)31-17-21-8-9-26-30-14-15-33(26)18-21/h5-16,18H,4,17H2,1-3H3,(H,29,32)(H,31,34)/b19-10+,28-12?. The Kier molecular flexibility index (Phi) is 7.52. The number of benzene rings is 1. The molecule has 4 rings (SSSR count). The molecule has 1 aromatic carbocycles. The average Bonchev–Trinajstić information content (AvgIpc) is 3.32. The lowest BCUT2D eigenvalue weighted by Gasteiger charge is -2.14. The van der Waals surface area contributed by atoms with Gasteiger partial charge in [-0.2, -0.15) is 0 Å². The number of rotatable bonds is 9. The van der Waals surface area contributed by atoms with Crippen LogP contribution >= 0.6 is 0 Å². The SMILES string of the molecule is CCN=C/C=C(\C)Nc1cc(Oc2cccc(C(=O)NCc3ccc4nccn4c3)c2C)ccn1. The monoisotopic (exact) mass is 468 g/mol. The van der Waals surface area contributed by atoms with Gasteiger partial charge in [0.2, 0.25) is 0 Å². The number of amides is 1. The summed E-state index contributed by atoms with van der Waals surface area (Å²) in [5.41, 5.74) is 4.08. The van der Waals surface area contributed by atoms with Crippen LogP contribution in [0.1, 0.15) is 35.3 Å². The number of pyridine rings is 2. The summed E-state index contributed by atoms with van der Waals surface area (Å²) in [5.74, 6) is 1.72. The van der Waals surface area contributed by atoms with Gasteiger partial charge in [0.25, 0.3) is 5.91 Å². The van der Waals surface area contributed by atoms with E-state index in [0.29, 0.717) is 29.4 Å². The molecule has 0 unspecified atom stereocenters. The zero-order valence-electron chi connectivity index (χ0n) is 20.0. The Bertz CT molecular complexity index is 1390. The fraction of sp³-hybridized carbons (Fsp3) is 0.185. The zero-order valence-corrected chi connectivity index (χ0v) is 20.0. The van der Waals surface area contributed by atoms with Gasteiger partial charge in [0.05, 0.1) is 0 Å². The van der Waals surface area contributed by atoms with Crippen LogP contribution in [-0.4, -0.2) is 33.0 Å². The van der Waals surface area contributed by atoms with E-state index >= 15 is 0 Å². The summed E-state index contributed by atoms with van der Waals surface area (Å²) < 4.78 is 8.03. The predicted molar refractivity (Wildman–Crippen MR) is 138 cm³/mol. The molecule has 0 saturated heterocycles. The van der Waals surface area contributed by atoms with Crippen LogP contribution in [0, 0.1) is 6.92 Å². The van der Waals surface area contributed by atoms with Crippen molar-refractivity contribution in [3.63, 3.8) is 0 Å². The number of carbonyl (C=O) groups excluding carboxylic acids is 1. The molecule has 4 aromatic rings. The maximum atomic E-state index is 12.9. The lowest BCUT2D eigenvalue weighted by atomic mass is 10.1. The van der Waals surface area contributed by atoms with Crippen molar-refractivity contribution in [2.45, 2.75) is 27.3 Å². The third kappa shape index (κ3) is 6.11. The molecule has 0 aliphatic carbocycles. The predicted octanol–water partition coefficient (Wildman–Crippen LogP) is 5.17. The van der Waals surface area contributed by atoms with E-state index in [0.717, 1.165) is 29.0 Å². The van der Waals surface area contributed by atoms with Crippen LogP contribution in [-0.2, 0) is 6.54 Å². The Labute approximate surface area is 204 Å². The van der Waals surface area contributed by atoms with Crippen molar-refractivity contribution in [1.29, 1.82) is 0 Å². The quantitative estimate of drug-likeness (QED) is 0.331. The van der Waals surface area contributed by atoms with Crippen LogP contribution in [0.2, 0.25) is 0 Å². The summed E-state index contributed by atoms with van der Waals surface area (Å²) in [7, 11) is 0. The molecule has 3 aromatic heterocycles. The van der Waals surface area contributed by atoms with Gasteiger partial charge in [0.1, 0.15) is 23.0 Å². The number of fused-ring (bicyclic) bond motifs is 1. The van der Waals surface area contributed by atoms with Gasteiger partial charge < -0.3 is 19.8 Å². The second-order valence-corrected chi connectivity index (χ2v) is 7.94. The molecule has 178 valence electrons. The highest BCUT2D eigenvalue weighted by atomic mass is 16.5. The van der Waals surface area contributed by atoms with Crippen LogP contribution in [0.25, 0.3) is 5.65 Å². The summed E-state index contributed by atoms with van der Waals surface area (Å²) in [6.07, 6.45) is 10.9. The molecule has 8 heteroatoms. The van der Waals surface area contributed by atoms with E-state index in [4.69, 9.17) is 4.74 Å². The first-order chi connectivity index (χ1) is 17.0. The van der Waals surface area contributed by atoms with Crippen LogP contribution in [0.3, 0.4) is 0 Å². The van der Waals surface area contributed by atoms with E-state index in [1.54, 1.807) is 30.7 Å². The molecular formula is C27H28N6O2. The van der Waals surface area contributed by atoms with Gasteiger partial charge in [0.15, 0.2) is 0 Å². The number of hydrogen-bond donors (Lipinski definition) is 2. The number of nitrogens with one attached hydrogen (secondary N) is 2. The van der Waals surface area contributed by atoms with E-state index < -0.39 is 0 Å². The number of ether oxygens (including phenoxy) is 1. The van der Waals surface area contributed by atoms with E-state index in [-0.39, 0.29) is 5.91 Å². The first kappa shape index (κ1) is 23.7. The minimum Gasteiger partial charge on any atom is -0.457 e. The molecule has 0 radical (unpaired) electrons. The second kappa shape index (κ2) is 11.1. The normalized spacial score (nSPS) is 11.7. The van der Waals surface area contributed by atoms with Crippen LogP contribution < -0.4 is 15.4 Å². The Hall–Kier alpha value is -4.46. The summed E-state index contributed by atoms with van der Waals surface area (Å²) in [4.78, 5) is 25.7. The number of nitrogens with zero attached hydrogens (tertiary/aromatic N) is 4.